The molecule has 0 radical (unpaired) electrons. The number of nitro groups is 1. The smallest absolute Gasteiger partial charge is 0.251 e. The molecule has 5 atom stereocenters. The number of nitrogens with zero attached hydrogens (tertiary/aromatic N) is 1. The van der Waals surface area contributed by atoms with Crippen molar-refractivity contribution < 1.29 is 38.5 Å². The maximum absolute atomic E-state index is 12.7. The van der Waals surface area contributed by atoms with Crippen molar-refractivity contribution in [1.29, 1.82) is 0 Å². The van der Waals surface area contributed by atoms with Gasteiger partial charge in [-0.2, -0.15) is 0 Å². The number of ether oxygens (including phenoxy) is 5. The zero-order valence-corrected chi connectivity index (χ0v) is 14.9. The second kappa shape index (κ2) is 6.04. The summed E-state index contributed by atoms with van der Waals surface area (Å²) in [7, 11) is 1.43. The van der Waals surface area contributed by atoms with E-state index in [1.807, 2.05) is 0 Å². The van der Waals surface area contributed by atoms with Crippen LogP contribution in [0.25, 0.3) is 0 Å². The largest absolute Gasteiger partial charge is 0.493 e. The van der Waals surface area contributed by atoms with Crippen LogP contribution >= 0.6 is 0 Å². The summed E-state index contributed by atoms with van der Waals surface area (Å²) in [5, 5.41) is 22.3. The van der Waals surface area contributed by atoms with Gasteiger partial charge in [0.15, 0.2) is 35.3 Å². The molecule has 1 unspecified atom stereocenters. The zero-order chi connectivity index (χ0) is 19.5. The van der Waals surface area contributed by atoms with Gasteiger partial charge in [-0.25, -0.2) is 0 Å². The second-order valence-electron chi connectivity index (χ2n) is 7.13. The molecule has 2 bridgehead atoms. The predicted molar refractivity (Wildman–Crippen MR) is 87.5 cm³/mol. The SMILES string of the molecule is COc1cc(C2[C@@H]([N+](=O)[O-])[C@H](O)[C@@H]3OC(C)(C)O[C@H]2C3=O)cc2c1OCO2. The molecule has 2 fully saturated rings. The highest BCUT2D eigenvalue weighted by Gasteiger charge is 2.62. The summed E-state index contributed by atoms with van der Waals surface area (Å²) in [6.45, 7) is 3.18. The lowest BCUT2D eigenvalue weighted by molar-refractivity contribution is -0.550. The minimum Gasteiger partial charge on any atom is -0.493 e. The Morgan fingerprint density at radius 1 is 1.26 bits per heavy atom. The van der Waals surface area contributed by atoms with E-state index in [4.69, 9.17) is 23.7 Å². The Morgan fingerprint density at radius 2 is 1.96 bits per heavy atom. The van der Waals surface area contributed by atoms with Gasteiger partial charge in [-0.15, -0.1) is 0 Å². The highest BCUT2D eigenvalue weighted by Crippen LogP contribution is 2.48. The highest BCUT2D eigenvalue weighted by molar-refractivity contribution is 5.91. The van der Waals surface area contributed by atoms with Gasteiger partial charge in [0.2, 0.25) is 12.5 Å². The first-order valence-corrected chi connectivity index (χ1v) is 8.42. The van der Waals surface area contributed by atoms with E-state index in [2.05, 4.69) is 0 Å². The lowest BCUT2D eigenvalue weighted by Gasteiger charge is -2.48. The van der Waals surface area contributed by atoms with Crippen LogP contribution in [0, 0.1) is 10.1 Å². The average molecular weight is 381 g/mol. The summed E-state index contributed by atoms with van der Waals surface area (Å²) in [6.07, 6.45) is -4.09. The standard InChI is InChI=1S/C17H19NO9/c1-17(2)26-15-10(11(18(21)22)12(19)16(27-17)13(15)20)7-4-8(23-3)14-9(5-7)24-6-25-14/h4-5,10-12,15-16,19H,6H2,1-3H3/t10?,11-,12+,15-,16+/m1/s1. The first-order chi connectivity index (χ1) is 12.7. The number of fused-ring (bicyclic) bond motifs is 3. The van der Waals surface area contributed by atoms with Crippen molar-refractivity contribution in [3.05, 3.63) is 27.8 Å². The van der Waals surface area contributed by atoms with Crippen molar-refractivity contribution in [2.24, 2.45) is 0 Å². The van der Waals surface area contributed by atoms with E-state index in [0.29, 0.717) is 22.8 Å². The molecule has 1 N–H and O–H groups in total. The lowest BCUT2D eigenvalue weighted by Crippen LogP contribution is -2.67. The van der Waals surface area contributed by atoms with Gasteiger partial charge < -0.3 is 28.8 Å². The fraction of sp³-hybridized carbons (Fsp3) is 0.588. The predicted octanol–water partition coefficient (Wildman–Crippen LogP) is 0.616. The molecule has 1 saturated heterocycles. The number of Topliss-reactive ketones (excluding diaryl/α,β-unsaturated/α-hetero) is 1. The van der Waals surface area contributed by atoms with E-state index in [1.165, 1.54) is 7.11 Å². The first-order valence-electron chi connectivity index (χ1n) is 8.42. The van der Waals surface area contributed by atoms with Gasteiger partial charge >= 0.3 is 0 Å². The number of aliphatic hydroxyl groups excluding tert-OH is 1. The molecule has 4 rings (SSSR count). The normalized spacial score (nSPS) is 33.6. The molecule has 1 aromatic rings. The summed E-state index contributed by atoms with van der Waals surface area (Å²) in [5.41, 5.74) is 0.381. The summed E-state index contributed by atoms with van der Waals surface area (Å²) in [5.74, 6) is -1.70. The fourth-order valence-corrected chi connectivity index (χ4v) is 3.95. The molecule has 0 aromatic heterocycles. The number of hydrogen-bond acceptors (Lipinski definition) is 9. The Balaban J connectivity index is 1.85. The number of carbonyl (C=O) groups is 1. The molecule has 10 heteroatoms. The number of aliphatic hydroxyl groups is 1. The van der Waals surface area contributed by atoms with Gasteiger partial charge in [0.05, 0.1) is 13.0 Å². The minimum atomic E-state index is -1.62. The number of carbonyl (C=O) groups excluding carboxylic acids is 1. The van der Waals surface area contributed by atoms with Crippen LogP contribution in [-0.4, -0.2) is 59.9 Å². The number of hydrogen-bond donors (Lipinski definition) is 1. The van der Waals surface area contributed by atoms with Crippen molar-refractivity contribution in [3.63, 3.8) is 0 Å². The Hall–Kier alpha value is -2.43. The van der Waals surface area contributed by atoms with E-state index < -0.39 is 46.8 Å². The van der Waals surface area contributed by atoms with Crippen LogP contribution in [0.3, 0.4) is 0 Å². The zero-order valence-electron chi connectivity index (χ0n) is 14.9. The summed E-state index contributed by atoms with van der Waals surface area (Å²) in [4.78, 5) is 23.9. The van der Waals surface area contributed by atoms with Crippen LogP contribution in [0.15, 0.2) is 12.1 Å². The quantitative estimate of drug-likeness (QED) is 0.592. The molecule has 1 saturated carbocycles. The molecule has 146 valence electrons. The van der Waals surface area contributed by atoms with Crippen molar-refractivity contribution in [3.8, 4) is 17.2 Å². The molecule has 1 aromatic carbocycles. The molecular weight excluding hydrogens is 362 g/mol. The van der Waals surface area contributed by atoms with Crippen molar-refractivity contribution in [2.45, 2.75) is 49.9 Å². The van der Waals surface area contributed by atoms with E-state index >= 15 is 0 Å². The molecule has 2 aliphatic heterocycles. The van der Waals surface area contributed by atoms with E-state index in [0.717, 1.165) is 0 Å². The van der Waals surface area contributed by atoms with Crippen LogP contribution < -0.4 is 14.2 Å². The monoisotopic (exact) mass is 381 g/mol. The van der Waals surface area contributed by atoms with Crippen molar-refractivity contribution in [1.82, 2.24) is 0 Å². The Kier molecular flexibility index (Phi) is 4.02. The van der Waals surface area contributed by atoms with Gasteiger partial charge in [0.1, 0.15) is 6.10 Å². The molecule has 10 nitrogen and oxygen atoms in total. The molecule has 3 aliphatic rings. The number of ketones is 1. The summed E-state index contributed by atoms with van der Waals surface area (Å²) >= 11 is 0. The third kappa shape index (κ3) is 2.71. The number of benzene rings is 1. The molecular formula is C17H19NO9. The van der Waals surface area contributed by atoms with Crippen LogP contribution in [0.4, 0.5) is 0 Å². The van der Waals surface area contributed by atoms with Gasteiger partial charge in [0, 0.05) is 4.92 Å². The maximum Gasteiger partial charge on any atom is 0.251 e. The van der Waals surface area contributed by atoms with Crippen LogP contribution in [-0.2, 0) is 14.3 Å². The number of methoxy groups -OCH3 is 1. The fourth-order valence-electron chi connectivity index (χ4n) is 3.95. The summed E-state index contributed by atoms with van der Waals surface area (Å²) < 4.78 is 27.2. The molecule has 27 heavy (non-hydrogen) atoms. The minimum absolute atomic E-state index is 0.0110. The topological polar surface area (TPSA) is 127 Å². The molecule has 0 amide bonds. The molecule has 1 aliphatic carbocycles. The average Bonchev–Trinajstić information content (AvgIpc) is 3.07. The summed E-state index contributed by atoms with van der Waals surface area (Å²) in [6, 6.07) is 1.60. The van der Waals surface area contributed by atoms with Gasteiger partial charge in [0.25, 0.3) is 6.04 Å². The van der Waals surface area contributed by atoms with E-state index in [9.17, 15) is 20.0 Å². The van der Waals surface area contributed by atoms with Crippen molar-refractivity contribution in [2.75, 3.05) is 13.9 Å². The molecule has 0 spiro atoms. The van der Waals surface area contributed by atoms with Crippen LogP contribution in [0.2, 0.25) is 0 Å². The van der Waals surface area contributed by atoms with E-state index in [-0.39, 0.29) is 6.79 Å². The van der Waals surface area contributed by atoms with Gasteiger partial charge in [-0.05, 0) is 31.5 Å². The Labute approximate surface area is 154 Å². The third-order valence-corrected chi connectivity index (χ3v) is 5.05. The second-order valence-corrected chi connectivity index (χ2v) is 7.13. The lowest BCUT2D eigenvalue weighted by atomic mass is 9.73. The van der Waals surface area contributed by atoms with Crippen LogP contribution in [0.5, 0.6) is 17.2 Å². The Morgan fingerprint density at radius 3 is 2.63 bits per heavy atom. The highest BCUT2D eigenvalue weighted by atomic mass is 16.7. The van der Waals surface area contributed by atoms with Crippen molar-refractivity contribution >= 4 is 5.78 Å². The maximum atomic E-state index is 12.7. The number of rotatable bonds is 3. The van der Waals surface area contributed by atoms with E-state index in [1.54, 1.807) is 26.0 Å². The van der Waals surface area contributed by atoms with Gasteiger partial charge in [-0.1, -0.05) is 0 Å². The first kappa shape index (κ1) is 18.0. The third-order valence-electron chi connectivity index (χ3n) is 5.05. The Bertz CT molecular complexity index is 808. The van der Waals surface area contributed by atoms with Gasteiger partial charge in [-0.3, -0.25) is 14.9 Å². The van der Waals surface area contributed by atoms with Crippen LogP contribution in [0.1, 0.15) is 25.3 Å². The molecule has 2 heterocycles.